The maximum absolute atomic E-state index is 12.4. The van der Waals surface area contributed by atoms with Gasteiger partial charge in [0.1, 0.15) is 17.5 Å². The molecule has 1 aromatic rings. The highest BCUT2D eigenvalue weighted by Gasteiger charge is 2.38. The number of fused-ring (bicyclic) bond motifs is 2. The second-order valence-electron chi connectivity index (χ2n) is 5.94. The molecule has 1 heterocycles. The Bertz CT molecular complexity index is 648. The number of ketones is 1. The quantitative estimate of drug-likeness (QED) is 0.894. The summed E-state index contributed by atoms with van der Waals surface area (Å²) in [7, 11) is 0. The van der Waals surface area contributed by atoms with Gasteiger partial charge in [0.25, 0.3) is 0 Å². The first kappa shape index (κ1) is 14.8. The van der Waals surface area contributed by atoms with E-state index in [2.05, 4.69) is 19.2 Å². The van der Waals surface area contributed by atoms with E-state index < -0.39 is 0 Å². The molecule has 0 saturated carbocycles. The first-order chi connectivity index (χ1) is 10.7. The fourth-order valence-electron chi connectivity index (χ4n) is 3.26. The maximum atomic E-state index is 12.4. The van der Waals surface area contributed by atoms with Gasteiger partial charge in [-0.3, -0.25) is 10.2 Å². The molecule has 4 nitrogen and oxygen atoms in total. The van der Waals surface area contributed by atoms with Gasteiger partial charge < -0.3 is 10.1 Å². The summed E-state index contributed by atoms with van der Waals surface area (Å²) in [6.45, 7) is 4.29. The normalized spacial score (nSPS) is 23.5. The van der Waals surface area contributed by atoms with Crippen molar-refractivity contribution in [1.82, 2.24) is 5.32 Å². The van der Waals surface area contributed by atoms with Gasteiger partial charge in [-0.1, -0.05) is 51.0 Å². The third-order valence-electron chi connectivity index (χ3n) is 4.34. The van der Waals surface area contributed by atoms with Crippen molar-refractivity contribution in [3.05, 3.63) is 41.1 Å². The van der Waals surface area contributed by atoms with E-state index in [1.165, 1.54) is 0 Å². The predicted octanol–water partition coefficient (Wildman–Crippen LogP) is 3.53. The third-order valence-corrected chi connectivity index (χ3v) is 4.34. The van der Waals surface area contributed by atoms with Gasteiger partial charge in [-0.05, 0) is 12.8 Å². The molecule has 1 aliphatic heterocycles. The van der Waals surface area contributed by atoms with Crippen LogP contribution >= 0.6 is 0 Å². The minimum atomic E-state index is -0.227. The van der Waals surface area contributed by atoms with Gasteiger partial charge in [-0.25, -0.2) is 0 Å². The number of hydrogen-bond donors (Lipinski definition) is 2. The molecule has 4 heteroatoms. The van der Waals surface area contributed by atoms with E-state index in [9.17, 15) is 4.79 Å². The number of nitrogens with one attached hydrogen (secondary N) is 2. The van der Waals surface area contributed by atoms with E-state index in [1.54, 1.807) is 6.07 Å². The van der Waals surface area contributed by atoms with E-state index in [1.807, 2.05) is 18.2 Å². The molecule has 22 heavy (non-hydrogen) atoms. The zero-order valence-corrected chi connectivity index (χ0v) is 13.1. The number of allylic oxidation sites excluding steroid dienone is 1. The molecule has 1 aliphatic carbocycles. The van der Waals surface area contributed by atoms with E-state index >= 15 is 0 Å². The third kappa shape index (κ3) is 2.32. The molecule has 116 valence electrons. The molecule has 1 aromatic carbocycles. The molecule has 0 fully saturated rings. The topological polar surface area (TPSA) is 62.2 Å². The van der Waals surface area contributed by atoms with Crippen molar-refractivity contribution in [3.63, 3.8) is 0 Å². The first-order valence-corrected chi connectivity index (χ1v) is 8.07. The summed E-state index contributed by atoms with van der Waals surface area (Å²) in [5, 5.41) is 11.6. The molecule has 0 spiro atoms. The van der Waals surface area contributed by atoms with Gasteiger partial charge in [0, 0.05) is 11.1 Å². The van der Waals surface area contributed by atoms with E-state index in [4.69, 9.17) is 10.1 Å². The lowest BCUT2D eigenvalue weighted by atomic mass is 9.88. The molecule has 0 aromatic heterocycles. The van der Waals surface area contributed by atoms with Crippen LogP contribution in [-0.2, 0) is 4.74 Å². The highest BCUT2D eigenvalue weighted by molar-refractivity contribution is 6.53. The Morgan fingerprint density at radius 3 is 2.50 bits per heavy atom. The van der Waals surface area contributed by atoms with Crippen LogP contribution in [0.2, 0.25) is 0 Å². The van der Waals surface area contributed by atoms with Crippen LogP contribution in [0, 0.1) is 5.41 Å². The standard InChI is InChI=1S/C18H22N2O2/c1-3-7-13-14(8-4-2)22-18-12-10-6-5-9-11(12)17(21)15(19)16(18)20-13/h5-6,9-10,13-14,19-20H,3-4,7-8H2,1-2H3. The van der Waals surface area contributed by atoms with Gasteiger partial charge >= 0.3 is 0 Å². The molecule has 0 radical (unpaired) electrons. The van der Waals surface area contributed by atoms with Crippen LogP contribution in [-0.4, -0.2) is 23.6 Å². The Morgan fingerprint density at radius 2 is 1.82 bits per heavy atom. The van der Waals surface area contributed by atoms with Crippen LogP contribution in [0.3, 0.4) is 0 Å². The summed E-state index contributed by atoms with van der Waals surface area (Å²) in [6.07, 6.45) is 4.13. The van der Waals surface area contributed by atoms with Crippen LogP contribution in [0.25, 0.3) is 5.76 Å². The average molecular weight is 298 g/mol. The molecule has 0 amide bonds. The number of benzene rings is 1. The van der Waals surface area contributed by atoms with Crippen molar-refractivity contribution >= 4 is 17.3 Å². The molecule has 2 unspecified atom stereocenters. The largest absolute Gasteiger partial charge is 0.485 e. The zero-order chi connectivity index (χ0) is 15.7. The molecule has 0 saturated heterocycles. The Balaban J connectivity index is 2.05. The average Bonchev–Trinajstić information content (AvgIpc) is 2.54. The number of ether oxygens (including phenoxy) is 1. The molecular formula is C18H22N2O2. The van der Waals surface area contributed by atoms with Crippen molar-refractivity contribution in [3.8, 4) is 0 Å². The van der Waals surface area contributed by atoms with E-state index in [-0.39, 0.29) is 23.6 Å². The van der Waals surface area contributed by atoms with Crippen molar-refractivity contribution in [2.75, 3.05) is 0 Å². The van der Waals surface area contributed by atoms with Gasteiger partial charge in [0.15, 0.2) is 5.76 Å². The number of carbonyl (C=O) groups excluding carboxylic acids is 1. The molecule has 2 aliphatic rings. The highest BCUT2D eigenvalue weighted by Crippen LogP contribution is 2.35. The Hall–Kier alpha value is -2.10. The lowest BCUT2D eigenvalue weighted by molar-refractivity contribution is 0.0939. The number of hydrogen-bond acceptors (Lipinski definition) is 4. The Morgan fingerprint density at radius 1 is 1.14 bits per heavy atom. The smallest absolute Gasteiger partial charge is 0.213 e. The Kier molecular flexibility index (Phi) is 4.01. The summed E-state index contributed by atoms with van der Waals surface area (Å²) >= 11 is 0. The van der Waals surface area contributed by atoms with Crippen molar-refractivity contribution in [2.24, 2.45) is 0 Å². The second-order valence-corrected chi connectivity index (χ2v) is 5.94. The number of Topliss-reactive ketones (excluding diaryl/α,β-unsaturated/α-hetero) is 1. The van der Waals surface area contributed by atoms with Crippen LogP contribution in [0.5, 0.6) is 0 Å². The van der Waals surface area contributed by atoms with E-state index in [0.29, 0.717) is 17.0 Å². The van der Waals surface area contributed by atoms with Crippen LogP contribution in [0.4, 0.5) is 0 Å². The highest BCUT2D eigenvalue weighted by atomic mass is 16.5. The first-order valence-electron chi connectivity index (χ1n) is 8.07. The molecule has 2 atom stereocenters. The SMILES string of the molecule is CCCC1NC2=C(OC1CCC)c1ccccc1C(=O)C2=N. The molecule has 3 rings (SSSR count). The van der Waals surface area contributed by atoms with Crippen LogP contribution in [0.1, 0.15) is 55.5 Å². The fourth-order valence-corrected chi connectivity index (χ4v) is 3.26. The molecular weight excluding hydrogens is 276 g/mol. The Labute approximate surface area is 131 Å². The maximum Gasteiger partial charge on any atom is 0.213 e. The summed E-state index contributed by atoms with van der Waals surface area (Å²) in [4.78, 5) is 12.4. The minimum absolute atomic E-state index is 0.0183. The van der Waals surface area contributed by atoms with Crippen molar-refractivity contribution in [1.29, 1.82) is 5.41 Å². The number of carbonyl (C=O) groups is 1. The lowest BCUT2D eigenvalue weighted by Gasteiger charge is -2.38. The van der Waals surface area contributed by atoms with Gasteiger partial charge in [-0.2, -0.15) is 0 Å². The van der Waals surface area contributed by atoms with Crippen molar-refractivity contribution in [2.45, 2.75) is 51.7 Å². The molecule has 2 N–H and O–H groups in total. The van der Waals surface area contributed by atoms with Crippen LogP contribution in [0.15, 0.2) is 30.0 Å². The summed E-state index contributed by atoms with van der Waals surface area (Å²) in [6, 6.07) is 7.57. The number of rotatable bonds is 4. The van der Waals surface area contributed by atoms with E-state index in [0.717, 1.165) is 31.2 Å². The van der Waals surface area contributed by atoms with Crippen LogP contribution < -0.4 is 5.32 Å². The zero-order valence-electron chi connectivity index (χ0n) is 13.1. The molecule has 0 bridgehead atoms. The van der Waals surface area contributed by atoms with Gasteiger partial charge in [0.2, 0.25) is 5.78 Å². The van der Waals surface area contributed by atoms with Crippen molar-refractivity contribution < 1.29 is 9.53 Å². The van der Waals surface area contributed by atoms with Gasteiger partial charge in [-0.15, -0.1) is 0 Å². The second kappa shape index (κ2) is 5.95. The minimum Gasteiger partial charge on any atom is -0.485 e. The lowest BCUT2D eigenvalue weighted by Crippen LogP contribution is -2.49. The summed E-state index contributed by atoms with van der Waals surface area (Å²) < 4.78 is 6.27. The predicted molar refractivity (Wildman–Crippen MR) is 87.0 cm³/mol. The fraction of sp³-hybridized carbons (Fsp3) is 0.444. The summed E-state index contributed by atoms with van der Waals surface area (Å²) in [5.41, 5.74) is 1.96. The monoisotopic (exact) mass is 298 g/mol. The van der Waals surface area contributed by atoms with Gasteiger partial charge in [0.05, 0.1) is 6.04 Å². The summed E-state index contributed by atoms with van der Waals surface area (Å²) in [5.74, 6) is 0.445.